The number of thioether (sulfide) groups is 1. The third-order valence-electron chi connectivity index (χ3n) is 4.88. The highest BCUT2D eigenvalue weighted by molar-refractivity contribution is 7.99. The third kappa shape index (κ3) is 4.55. The Balaban J connectivity index is 1.61. The van der Waals surface area contributed by atoms with Gasteiger partial charge in [-0.15, -0.1) is 10.2 Å². The molecule has 0 aliphatic heterocycles. The van der Waals surface area contributed by atoms with Gasteiger partial charge in [0.2, 0.25) is 5.91 Å². The first-order valence-corrected chi connectivity index (χ1v) is 11.1. The fourth-order valence-corrected chi connectivity index (χ4v) is 4.26. The van der Waals surface area contributed by atoms with E-state index in [1.54, 1.807) is 22.8 Å². The number of benzene rings is 2. The zero-order valence-corrected chi connectivity index (χ0v) is 18.8. The normalized spacial score (nSPS) is 10.9. The largest absolute Gasteiger partial charge is 0.324 e. The Morgan fingerprint density at radius 2 is 1.75 bits per heavy atom. The Morgan fingerprint density at radius 1 is 1.03 bits per heavy atom. The van der Waals surface area contributed by atoms with Crippen LogP contribution in [0.25, 0.3) is 17.1 Å². The molecule has 0 saturated carbocycles. The molecule has 0 radical (unpaired) electrons. The summed E-state index contributed by atoms with van der Waals surface area (Å²) >= 11 is 1.24. The van der Waals surface area contributed by atoms with Gasteiger partial charge in [0.25, 0.3) is 0 Å². The fourth-order valence-electron chi connectivity index (χ4n) is 3.51. The van der Waals surface area contributed by atoms with Crippen molar-refractivity contribution in [2.75, 3.05) is 11.1 Å². The van der Waals surface area contributed by atoms with E-state index in [0.717, 1.165) is 28.3 Å². The Labute approximate surface area is 189 Å². The Kier molecular flexibility index (Phi) is 6.32. The Bertz CT molecular complexity index is 1250. The smallest absolute Gasteiger partial charge is 0.234 e. The number of rotatable bonds is 6. The summed E-state index contributed by atoms with van der Waals surface area (Å²) in [4.78, 5) is 17.1. The minimum absolute atomic E-state index is 0.120. The van der Waals surface area contributed by atoms with E-state index in [4.69, 9.17) is 0 Å². The van der Waals surface area contributed by atoms with Crippen LogP contribution >= 0.6 is 11.8 Å². The molecule has 0 saturated heterocycles. The van der Waals surface area contributed by atoms with Gasteiger partial charge in [-0.2, -0.15) is 0 Å². The Morgan fingerprint density at radius 3 is 2.47 bits per heavy atom. The Hall–Kier alpha value is -3.52. The van der Waals surface area contributed by atoms with Gasteiger partial charge in [0.05, 0.1) is 22.7 Å². The van der Waals surface area contributed by atoms with E-state index in [9.17, 15) is 9.18 Å². The highest BCUT2D eigenvalue weighted by atomic mass is 32.2. The maximum absolute atomic E-state index is 14.5. The lowest BCUT2D eigenvalue weighted by Crippen LogP contribution is -2.17. The number of pyridine rings is 1. The second-order valence-electron chi connectivity index (χ2n) is 7.33. The van der Waals surface area contributed by atoms with Crippen LogP contribution in [-0.2, 0) is 4.79 Å². The molecule has 32 heavy (non-hydrogen) atoms. The number of amides is 1. The lowest BCUT2D eigenvalue weighted by atomic mass is 10.1. The molecule has 0 aliphatic carbocycles. The van der Waals surface area contributed by atoms with Gasteiger partial charge in [-0.25, -0.2) is 4.39 Å². The summed E-state index contributed by atoms with van der Waals surface area (Å²) in [7, 11) is 0. The third-order valence-corrected chi connectivity index (χ3v) is 5.81. The van der Waals surface area contributed by atoms with E-state index < -0.39 is 0 Å². The lowest BCUT2D eigenvalue weighted by molar-refractivity contribution is -0.113. The van der Waals surface area contributed by atoms with Crippen LogP contribution in [0.2, 0.25) is 0 Å². The average molecular weight is 448 g/mol. The monoisotopic (exact) mass is 447 g/mol. The lowest BCUT2D eigenvalue weighted by Gasteiger charge is -2.13. The topological polar surface area (TPSA) is 72.7 Å². The molecule has 8 heteroatoms. The highest BCUT2D eigenvalue weighted by Gasteiger charge is 2.19. The van der Waals surface area contributed by atoms with Crippen molar-refractivity contribution in [3.05, 3.63) is 83.4 Å². The molecule has 1 amide bonds. The van der Waals surface area contributed by atoms with Crippen molar-refractivity contribution in [2.24, 2.45) is 0 Å². The summed E-state index contributed by atoms with van der Waals surface area (Å²) in [5.74, 6) is -0.0626. The fraction of sp³-hybridized carbons (Fsp3) is 0.167. The quantitative estimate of drug-likeness (QED) is 0.415. The number of halogens is 1. The van der Waals surface area contributed by atoms with Crippen molar-refractivity contribution in [2.45, 2.75) is 25.9 Å². The SMILES string of the molecule is Cc1cc(C)c(NC(=O)CSc2nnc(-c3ccccc3F)n2-c2ccccc2)c(C)n1. The molecule has 0 bridgehead atoms. The highest BCUT2D eigenvalue weighted by Crippen LogP contribution is 2.29. The van der Waals surface area contributed by atoms with Crippen molar-refractivity contribution in [3.8, 4) is 17.1 Å². The number of aryl methyl sites for hydroxylation is 3. The van der Waals surface area contributed by atoms with E-state index >= 15 is 0 Å². The standard InChI is InChI=1S/C24H22FN5OS/c1-15-13-16(2)26-17(3)22(15)27-21(31)14-32-24-29-28-23(19-11-7-8-12-20(19)25)30(24)18-9-5-4-6-10-18/h4-13H,14H2,1-3H3,(H,27,31). The van der Waals surface area contributed by atoms with Crippen LogP contribution in [0.3, 0.4) is 0 Å². The molecular weight excluding hydrogens is 425 g/mol. The molecule has 2 aromatic carbocycles. The zero-order chi connectivity index (χ0) is 22.7. The van der Waals surface area contributed by atoms with Gasteiger partial charge >= 0.3 is 0 Å². The van der Waals surface area contributed by atoms with E-state index in [1.165, 1.54) is 17.8 Å². The minimum Gasteiger partial charge on any atom is -0.324 e. The van der Waals surface area contributed by atoms with Gasteiger partial charge in [0, 0.05) is 11.4 Å². The summed E-state index contributed by atoms with van der Waals surface area (Å²) < 4.78 is 16.2. The number of anilines is 1. The number of hydrogen-bond acceptors (Lipinski definition) is 5. The molecule has 6 nitrogen and oxygen atoms in total. The van der Waals surface area contributed by atoms with E-state index in [2.05, 4.69) is 20.5 Å². The van der Waals surface area contributed by atoms with Gasteiger partial charge < -0.3 is 5.32 Å². The first-order valence-electron chi connectivity index (χ1n) is 10.1. The van der Waals surface area contributed by atoms with Crippen LogP contribution in [0.4, 0.5) is 10.1 Å². The number of carbonyl (C=O) groups is 1. The molecule has 0 unspecified atom stereocenters. The summed E-state index contributed by atoms with van der Waals surface area (Å²) in [5, 5.41) is 11.9. The van der Waals surface area contributed by atoms with Gasteiger partial charge in [-0.3, -0.25) is 14.3 Å². The number of nitrogens with zero attached hydrogens (tertiary/aromatic N) is 4. The van der Waals surface area contributed by atoms with Gasteiger partial charge in [-0.1, -0.05) is 42.1 Å². The summed E-state index contributed by atoms with van der Waals surface area (Å²) in [6.07, 6.45) is 0. The second kappa shape index (κ2) is 9.32. The van der Waals surface area contributed by atoms with Crippen molar-refractivity contribution in [1.29, 1.82) is 0 Å². The first kappa shape index (κ1) is 21.7. The molecular formula is C24H22FN5OS. The van der Waals surface area contributed by atoms with Crippen LogP contribution in [0.1, 0.15) is 17.0 Å². The van der Waals surface area contributed by atoms with Crippen molar-refractivity contribution in [3.63, 3.8) is 0 Å². The van der Waals surface area contributed by atoms with E-state index in [1.807, 2.05) is 57.2 Å². The summed E-state index contributed by atoms with van der Waals surface area (Å²) in [5.41, 5.74) is 4.49. The molecule has 0 aliphatic rings. The van der Waals surface area contributed by atoms with Crippen molar-refractivity contribution in [1.82, 2.24) is 19.7 Å². The maximum atomic E-state index is 14.5. The number of carbonyl (C=O) groups excluding carboxylic acids is 1. The molecule has 1 N–H and O–H groups in total. The first-order chi connectivity index (χ1) is 15.4. The number of hydrogen-bond donors (Lipinski definition) is 1. The van der Waals surface area contributed by atoms with Crippen molar-refractivity contribution >= 4 is 23.4 Å². The van der Waals surface area contributed by atoms with E-state index in [0.29, 0.717) is 16.5 Å². The molecule has 4 aromatic rings. The number of nitrogens with one attached hydrogen (secondary N) is 1. The van der Waals surface area contributed by atoms with Crippen LogP contribution in [0.5, 0.6) is 0 Å². The van der Waals surface area contributed by atoms with Crippen molar-refractivity contribution < 1.29 is 9.18 Å². The van der Waals surface area contributed by atoms with Crippen LogP contribution in [0, 0.1) is 26.6 Å². The summed E-state index contributed by atoms with van der Waals surface area (Å²) in [6, 6.07) is 17.8. The van der Waals surface area contributed by atoms with Crippen LogP contribution in [0.15, 0.2) is 65.8 Å². The molecule has 2 heterocycles. The van der Waals surface area contributed by atoms with Crippen LogP contribution in [-0.4, -0.2) is 31.4 Å². The molecule has 2 aromatic heterocycles. The van der Waals surface area contributed by atoms with E-state index in [-0.39, 0.29) is 17.5 Å². The predicted octanol–water partition coefficient (Wildman–Crippen LogP) is 5.12. The average Bonchev–Trinajstić information content (AvgIpc) is 3.19. The maximum Gasteiger partial charge on any atom is 0.234 e. The molecule has 0 spiro atoms. The van der Waals surface area contributed by atoms with Gasteiger partial charge in [0.1, 0.15) is 5.82 Å². The van der Waals surface area contributed by atoms with Gasteiger partial charge in [-0.05, 0) is 56.7 Å². The predicted molar refractivity (Wildman–Crippen MR) is 125 cm³/mol. The van der Waals surface area contributed by atoms with Crippen LogP contribution < -0.4 is 5.32 Å². The second-order valence-corrected chi connectivity index (χ2v) is 8.28. The summed E-state index contributed by atoms with van der Waals surface area (Å²) in [6.45, 7) is 5.73. The molecule has 162 valence electrons. The molecule has 0 atom stereocenters. The minimum atomic E-state index is -0.385. The zero-order valence-electron chi connectivity index (χ0n) is 18.0. The number of para-hydroxylation sites is 1. The number of aromatic nitrogens is 4. The molecule has 4 rings (SSSR count). The van der Waals surface area contributed by atoms with Gasteiger partial charge in [0.15, 0.2) is 11.0 Å². The molecule has 0 fully saturated rings.